The third-order valence-electron chi connectivity index (χ3n) is 3.47. The van der Waals surface area contributed by atoms with E-state index in [2.05, 4.69) is 10.6 Å². The molecule has 2 N–H and O–H groups in total. The van der Waals surface area contributed by atoms with Crippen molar-refractivity contribution >= 4 is 40.9 Å². The standard InChI is InChI=1S/C20H18FN3O4S/c21-15-3-7-17(8-4-15)24-19(26)12-29-13-20(27)28-11-18(25)23-16-5-1-14(2-6-16)9-10-22/h1-8H,9,11-13H2,(H,23,25)(H,24,26). The van der Waals surface area contributed by atoms with Crippen LogP contribution in [0.1, 0.15) is 5.56 Å². The maximum atomic E-state index is 12.8. The number of hydrogen-bond acceptors (Lipinski definition) is 6. The molecule has 2 aromatic carbocycles. The minimum absolute atomic E-state index is 0.00766. The predicted octanol–water partition coefficient (Wildman–Crippen LogP) is 2.75. The molecule has 0 aliphatic rings. The first-order valence-electron chi connectivity index (χ1n) is 8.51. The molecule has 0 aliphatic carbocycles. The molecular weight excluding hydrogens is 397 g/mol. The van der Waals surface area contributed by atoms with Gasteiger partial charge in [-0.25, -0.2) is 4.39 Å². The van der Waals surface area contributed by atoms with Crippen LogP contribution in [0.4, 0.5) is 15.8 Å². The van der Waals surface area contributed by atoms with Gasteiger partial charge >= 0.3 is 5.97 Å². The highest BCUT2D eigenvalue weighted by Gasteiger charge is 2.10. The molecular formula is C20H18FN3O4S. The van der Waals surface area contributed by atoms with Gasteiger partial charge in [0.05, 0.1) is 24.0 Å². The molecule has 0 saturated heterocycles. The third-order valence-corrected chi connectivity index (χ3v) is 4.37. The van der Waals surface area contributed by atoms with Crippen LogP contribution in [0, 0.1) is 17.1 Å². The van der Waals surface area contributed by atoms with Crippen LogP contribution in [0.2, 0.25) is 0 Å². The number of carbonyl (C=O) groups is 3. The lowest BCUT2D eigenvalue weighted by atomic mass is 10.1. The van der Waals surface area contributed by atoms with Crippen LogP contribution in [0.15, 0.2) is 48.5 Å². The number of nitrogens with one attached hydrogen (secondary N) is 2. The average Bonchev–Trinajstić information content (AvgIpc) is 2.70. The maximum absolute atomic E-state index is 12.8. The number of benzene rings is 2. The quantitative estimate of drug-likeness (QED) is 0.610. The molecule has 2 aromatic rings. The summed E-state index contributed by atoms with van der Waals surface area (Å²) in [6, 6.07) is 14.1. The maximum Gasteiger partial charge on any atom is 0.316 e. The van der Waals surface area contributed by atoms with Crippen LogP contribution >= 0.6 is 11.8 Å². The number of nitrogens with zero attached hydrogens (tertiary/aromatic N) is 1. The summed E-state index contributed by atoms with van der Waals surface area (Å²) in [7, 11) is 0. The molecule has 2 rings (SSSR count). The summed E-state index contributed by atoms with van der Waals surface area (Å²) in [6.07, 6.45) is 0.283. The second-order valence-corrected chi connectivity index (χ2v) is 6.77. The van der Waals surface area contributed by atoms with Crippen molar-refractivity contribution in [2.75, 3.05) is 28.7 Å². The molecule has 0 bridgehead atoms. The Morgan fingerprint density at radius 3 is 2.14 bits per heavy atom. The summed E-state index contributed by atoms with van der Waals surface area (Å²) in [5.74, 6) is -1.94. The number of halogens is 1. The van der Waals surface area contributed by atoms with Gasteiger partial charge in [0.2, 0.25) is 5.91 Å². The number of hydrogen-bond donors (Lipinski definition) is 2. The van der Waals surface area contributed by atoms with E-state index in [9.17, 15) is 18.8 Å². The molecule has 0 saturated carbocycles. The van der Waals surface area contributed by atoms with E-state index in [1.165, 1.54) is 24.3 Å². The van der Waals surface area contributed by atoms with Gasteiger partial charge < -0.3 is 15.4 Å². The van der Waals surface area contributed by atoms with Crippen molar-refractivity contribution in [2.24, 2.45) is 0 Å². The minimum Gasteiger partial charge on any atom is -0.455 e. The van der Waals surface area contributed by atoms with Gasteiger partial charge in [-0.05, 0) is 42.0 Å². The zero-order valence-corrected chi connectivity index (χ0v) is 16.1. The number of carbonyl (C=O) groups excluding carboxylic acids is 3. The Labute approximate surface area is 171 Å². The molecule has 2 amide bonds. The van der Waals surface area contributed by atoms with E-state index in [-0.39, 0.29) is 23.8 Å². The van der Waals surface area contributed by atoms with Crippen molar-refractivity contribution in [2.45, 2.75) is 6.42 Å². The highest BCUT2D eigenvalue weighted by Crippen LogP contribution is 2.11. The molecule has 0 spiro atoms. The summed E-state index contributed by atoms with van der Waals surface area (Å²) >= 11 is 1.04. The second-order valence-electron chi connectivity index (χ2n) is 5.79. The highest BCUT2D eigenvalue weighted by atomic mass is 32.2. The van der Waals surface area contributed by atoms with Crippen LogP contribution in [-0.2, 0) is 25.5 Å². The molecule has 7 nitrogen and oxygen atoms in total. The van der Waals surface area contributed by atoms with Gasteiger partial charge in [-0.15, -0.1) is 11.8 Å². The fourth-order valence-corrected chi connectivity index (χ4v) is 2.75. The number of ether oxygens (including phenoxy) is 1. The van der Waals surface area contributed by atoms with Crippen LogP contribution in [-0.4, -0.2) is 35.9 Å². The number of anilines is 2. The van der Waals surface area contributed by atoms with Crippen molar-refractivity contribution in [3.8, 4) is 6.07 Å². The van der Waals surface area contributed by atoms with Crippen molar-refractivity contribution in [1.29, 1.82) is 5.26 Å². The average molecular weight is 415 g/mol. The van der Waals surface area contributed by atoms with Crippen molar-refractivity contribution in [3.63, 3.8) is 0 Å². The van der Waals surface area contributed by atoms with Gasteiger partial charge in [0.1, 0.15) is 5.82 Å². The SMILES string of the molecule is N#CCc1ccc(NC(=O)COC(=O)CSCC(=O)Nc2ccc(F)cc2)cc1. The third kappa shape index (κ3) is 8.45. The molecule has 0 fully saturated rings. The smallest absolute Gasteiger partial charge is 0.316 e. The molecule has 0 atom stereocenters. The first-order chi connectivity index (χ1) is 14.0. The van der Waals surface area contributed by atoms with Crippen molar-refractivity contribution < 1.29 is 23.5 Å². The number of amides is 2. The van der Waals surface area contributed by atoms with Gasteiger partial charge in [-0.3, -0.25) is 14.4 Å². The topological polar surface area (TPSA) is 108 Å². The molecule has 150 valence electrons. The monoisotopic (exact) mass is 415 g/mol. The molecule has 9 heteroatoms. The van der Waals surface area contributed by atoms with Crippen LogP contribution in [0.25, 0.3) is 0 Å². The summed E-state index contributed by atoms with van der Waals surface area (Å²) in [6.45, 7) is -0.443. The van der Waals surface area contributed by atoms with E-state index in [0.29, 0.717) is 11.4 Å². The van der Waals surface area contributed by atoms with Gasteiger partial charge in [0, 0.05) is 11.4 Å². The predicted molar refractivity (Wildman–Crippen MR) is 108 cm³/mol. The number of thioether (sulfide) groups is 1. The van der Waals surface area contributed by atoms with Gasteiger partial charge in [0.15, 0.2) is 6.61 Å². The zero-order valence-electron chi connectivity index (χ0n) is 15.3. The lowest BCUT2D eigenvalue weighted by molar-refractivity contribution is -0.144. The second kappa shape index (κ2) is 11.5. The molecule has 29 heavy (non-hydrogen) atoms. The van der Waals surface area contributed by atoms with E-state index in [1.54, 1.807) is 24.3 Å². The Bertz CT molecular complexity index is 895. The van der Waals surface area contributed by atoms with Crippen molar-refractivity contribution in [3.05, 3.63) is 59.9 Å². The molecule has 0 aliphatic heterocycles. The Morgan fingerprint density at radius 2 is 1.52 bits per heavy atom. The lowest BCUT2D eigenvalue weighted by Gasteiger charge is -2.07. The van der Waals surface area contributed by atoms with E-state index in [1.807, 2.05) is 6.07 Å². The highest BCUT2D eigenvalue weighted by molar-refractivity contribution is 8.00. The number of esters is 1. The van der Waals surface area contributed by atoms with Gasteiger partial charge in [-0.2, -0.15) is 5.26 Å². The summed E-state index contributed by atoms with van der Waals surface area (Å²) < 4.78 is 17.7. The molecule has 0 unspecified atom stereocenters. The first kappa shape index (κ1) is 21.9. The summed E-state index contributed by atoms with van der Waals surface area (Å²) in [4.78, 5) is 35.2. The normalized spacial score (nSPS) is 9.93. The molecule has 0 radical (unpaired) electrons. The fraction of sp³-hybridized carbons (Fsp3) is 0.200. The fourth-order valence-electron chi connectivity index (χ4n) is 2.14. The summed E-state index contributed by atoms with van der Waals surface area (Å²) in [5.41, 5.74) is 1.81. The Kier molecular flexibility index (Phi) is 8.66. The van der Waals surface area contributed by atoms with E-state index < -0.39 is 24.3 Å². The largest absolute Gasteiger partial charge is 0.455 e. The Hall–Kier alpha value is -3.38. The van der Waals surface area contributed by atoms with Gasteiger partial charge in [0.25, 0.3) is 5.91 Å². The van der Waals surface area contributed by atoms with Gasteiger partial charge in [-0.1, -0.05) is 12.1 Å². The molecule has 0 aromatic heterocycles. The van der Waals surface area contributed by atoms with Crippen LogP contribution in [0.5, 0.6) is 0 Å². The zero-order chi connectivity index (χ0) is 21.1. The van der Waals surface area contributed by atoms with Crippen molar-refractivity contribution in [1.82, 2.24) is 0 Å². The van der Waals surface area contributed by atoms with E-state index in [0.717, 1.165) is 17.3 Å². The Morgan fingerprint density at radius 1 is 0.931 bits per heavy atom. The lowest BCUT2D eigenvalue weighted by Crippen LogP contribution is -2.22. The number of rotatable bonds is 9. The van der Waals surface area contributed by atoms with Crippen LogP contribution in [0.3, 0.4) is 0 Å². The Balaban J connectivity index is 1.62. The summed E-state index contributed by atoms with van der Waals surface area (Å²) in [5, 5.41) is 13.8. The molecule has 0 heterocycles. The minimum atomic E-state index is -0.621. The van der Waals surface area contributed by atoms with E-state index >= 15 is 0 Å². The first-order valence-corrected chi connectivity index (χ1v) is 9.66. The van der Waals surface area contributed by atoms with E-state index in [4.69, 9.17) is 10.00 Å². The number of nitriles is 1. The van der Waals surface area contributed by atoms with Crippen LogP contribution < -0.4 is 10.6 Å².